The molecule has 1 aromatic carbocycles. The number of hydrogen-bond acceptors (Lipinski definition) is 6. The average molecular weight is 211 g/mol. The molecule has 0 saturated heterocycles. The van der Waals surface area contributed by atoms with E-state index in [0.717, 1.165) is 6.07 Å². The zero-order valence-corrected chi connectivity index (χ0v) is 7.21. The number of phenols is 1. The van der Waals surface area contributed by atoms with E-state index < -0.39 is 27.0 Å². The van der Waals surface area contributed by atoms with E-state index in [1.807, 2.05) is 0 Å². The second-order valence-corrected chi connectivity index (χ2v) is 2.56. The van der Waals surface area contributed by atoms with E-state index in [1.165, 1.54) is 0 Å². The van der Waals surface area contributed by atoms with Gasteiger partial charge < -0.3 is 10.5 Å². The van der Waals surface area contributed by atoms with Crippen LogP contribution in [0.3, 0.4) is 0 Å². The molecule has 8 heteroatoms. The zero-order valence-electron chi connectivity index (χ0n) is 7.21. The van der Waals surface area contributed by atoms with Gasteiger partial charge in [0.1, 0.15) is 0 Å². The minimum absolute atomic E-state index is 0.268. The summed E-state index contributed by atoms with van der Waals surface area (Å²) in [7, 11) is 0. The third kappa shape index (κ3) is 1.88. The van der Waals surface area contributed by atoms with Gasteiger partial charge >= 0.3 is 5.69 Å². The van der Waals surface area contributed by atoms with E-state index in [0.29, 0.717) is 12.3 Å². The molecule has 0 fully saturated rings. The smallest absolute Gasteiger partial charge is 0.318 e. The fraction of sp³-hybridized carbons (Fsp3) is 0. The molecule has 8 nitrogen and oxygen atoms in total. The number of hydrogen-bond donors (Lipinski definition) is 2. The van der Waals surface area contributed by atoms with Gasteiger partial charge in [-0.1, -0.05) is 0 Å². The van der Waals surface area contributed by atoms with Crippen molar-refractivity contribution in [3.63, 3.8) is 0 Å². The van der Waals surface area contributed by atoms with E-state index >= 15 is 0 Å². The van der Waals surface area contributed by atoms with Crippen molar-refractivity contribution in [2.45, 2.75) is 0 Å². The maximum absolute atomic E-state index is 10.4. The Labute approximate surface area is 82.6 Å². The van der Waals surface area contributed by atoms with Crippen LogP contribution in [-0.2, 0) is 0 Å². The minimum atomic E-state index is -0.949. The van der Waals surface area contributed by atoms with Gasteiger partial charge in [-0.2, -0.15) is 0 Å². The predicted molar refractivity (Wildman–Crippen MR) is 49.3 cm³/mol. The van der Waals surface area contributed by atoms with E-state index in [2.05, 4.69) is 0 Å². The minimum Gasteiger partial charge on any atom is -0.502 e. The highest BCUT2D eigenvalue weighted by Gasteiger charge is 2.22. The number of benzene rings is 1. The molecule has 0 aliphatic rings. The molecular formula is C7H5N3O5. The number of phenolic OH excluding ortho intramolecular Hbond substituents is 1. The molecule has 78 valence electrons. The van der Waals surface area contributed by atoms with Crippen LogP contribution in [0.2, 0.25) is 0 Å². The predicted octanol–water partition coefficient (Wildman–Crippen LogP) is 1.21. The third-order valence-electron chi connectivity index (χ3n) is 1.67. The summed E-state index contributed by atoms with van der Waals surface area (Å²) < 4.78 is 0. The lowest BCUT2D eigenvalue weighted by Gasteiger charge is -1.99. The highest BCUT2D eigenvalue weighted by molar-refractivity contribution is 5.85. The highest BCUT2D eigenvalue weighted by Crippen LogP contribution is 2.33. The molecule has 1 rings (SSSR count). The first-order chi connectivity index (χ1) is 6.97. The first kappa shape index (κ1) is 10.6. The van der Waals surface area contributed by atoms with Crippen LogP contribution in [0, 0.1) is 25.6 Å². The Morgan fingerprint density at radius 3 is 2.27 bits per heavy atom. The summed E-state index contributed by atoms with van der Waals surface area (Å²) in [6, 6.07) is 1.53. The van der Waals surface area contributed by atoms with Gasteiger partial charge in [-0.3, -0.25) is 20.2 Å². The SMILES string of the molecule is N=Cc1cc([N+](=O)[O-])cc([N+](=O)[O-])c1O. The number of nitrogens with one attached hydrogen (secondary N) is 1. The zero-order chi connectivity index (χ0) is 11.6. The average Bonchev–Trinajstić information content (AvgIpc) is 2.17. The van der Waals surface area contributed by atoms with Crippen LogP contribution < -0.4 is 0 Å². The maximum Gasteiger partial charge on any atom is 0.318 e. The van der Waals surface area contributed by atoms with Crippen molar-refractivity contribution in [1.29, 1.82) is 5.41 Å². The second kappa shape index (κ2) is 3.70. The molecule has 0 unspecified atom stereocenters. The molecule has 0 heterocycles. The van der Waals surface area contributed by atoms with Crippen molar-refractivity contribution >= 4 is 17.6 Å². The van der Waals surface area contributed by atoms with E-state index in [9.17, 15) is 25.3 Å². The lowest BCUT2D eigenvalue weighted by Crippen LogP contribution is -1.96. The standard InChI is InChI=1S/C7H5N3O5/c8-3-4-1-5(9(12)13)2-6(7(4)11)10(14)15/h1-3,8,11H. The van der Waals surface area contributed by atoms with Crippen LogP contribution in [0.15, 0.2) is 12.1 Å². The number of aromatic hydroxyl groups is 1. The van der Waals surface area contributed by atoms with E-state index in [1.54, 1.807) is 0 Å². The Hall–Kier alpha value is -2.51. The number of nitro groups is 2. The molecule has 0 bridgehead atoms. The first-order valence-electron chi connectivity index (χ1n) is 3.63. The Morgan fingerprint density at radius 1 is 1.27 bits per heavy atom. The number of rotatable bonds is 3. The molecule has 15 heavy (non-hydrogen) atoms. The van der Waals surface area contributed by atoms with Crippen LogP contribution in [0.4, 0.5) is 11.4 Å². The fourth-order valence-electron chi connectivity index (χ4n) is 0.980. The van der Waals surface area contributed by atoms with Crippen molar-refractivity contribution in [2.75, 3.05) is 0 Å². The van der Waals surface area contributed by atoms with E-state index in [-0.39, 0.29) is 5.56 Å². The Bertz CT molecular complexity index is 456. The highest BCUT2D eigenvalue weighted by atomic mass is 16.6. The van der Waals surface area contributed by atoms with Gasteiger partial charge in [-0.25, -0.2) is 0 Å². The van der Waals surface area contributed by atoms with Gasteiger partial charge in [0, 0.05) is 17.8 Å². The summed E-state index contributed by atoms with van der Waals surface area (Å²) in [5, 5.41) is 36.9. The van der Waals surface area contributed by atoms with Crippen molar-refractivity contribution in [2.24, 2.45) is 0 Å². The second-order valence-electron chi connectivity index (χ2n) is 2.56. The van der Waals surface area contributed by atoms with Gasteiger partial charge in [-0.15, -0.1) is 0 Å². The molecule has 0 saturated carbocycles. The molecule has 0 radical (unpaired) electrons. The molecule has 0 aliphatic heterocycles. The van der Waals surface area contributed by atoms with Gasteiger partial charge in [0.15, 0.2) is 0 Å². The van der Waals surface area contributed by atoms with Gasteiger partial charge in [-0.05, 0) is 0 Å². The largest absolute Gasteiger partial charge is 0.502 e. The Morgan fingerprint density at radius 2 is 1.87 bits per heavy atom. The van der Waals surface area contributed by atoms with Crippen LogP contribution >= 0.6 is 0 Å². The summed E-state index contributed by atoms with van der Waals surface area (Å²) in [6.07, 6.45) is 0.606. The fourth-order valence-corrected chi connectivity index (χ4v) is 0.980. The maximum atomic E-state index is 10.4. The Kier molecular flexibility index (Phi) is 2.61. The van der Waals surface area contributed by atoms with Crippen LogP contribution in [0.5, 0.6) is 5.75 Å². The van der Waals surface area contributed by atoms with Gasteiger partial charge in [0.2, 0.25) is 5.75 Å². The molecule has 2 N–H and O–H groups in total. The summed E-state index contributed by atoms with van der Waals surface area (Å²) in [4.78, 5) is 19.0. The molecular weight excluding hydrogens is 206 g/mol. The van der Waals surface area contributed by atoms with Crippen molar-refractivity contribution in [3.8, 4) is 5.75 Å². The summed E-state index contributed by atoms with van der Waals surface area (Å²) in [6.45, 7) is 0. The molecule has 0 atom stereocenters. The monoisotopic (exact) mass is 211 g/mol. The lowest BCUT2D eigenvalue weighted by molar-refractivity contribution is -0.394. The molecule has 1 aromatic rings. The third-order valence-corrected chi connectivity index (χ3v) is 1.67. The summed E-state index contributed by atoms with van der Waals surface area (Å²) in [5.41, 5.74) is -1.60. The van der Waals surface area contributed by atoms with Crippen molar-refractivity contribution in [3.05, 3.63) is 37.9 Å². The lowest BCUT2D eigenvalue weighted by atomic mass is 10.1. The van der Waals surface area contributed by atoms with Crippen molar-refractivity contribution in [1.82, 2.24) is 0 Å². The van der Waals surface area contributed by atoms with Gasteiger partial charge in [0.05, 0.1) is 15.9 Å². The summed E-state index contributed by atoms with van der Waals surface area (Å²) >= 11 is 0. The van der Waals surface area contributed by atoms with Crippen LogP contribution in [-0.4, -0.2) is 21.2 Å². The number of nitrogens with zero attached hydrogens (tertiary/aromatic N) is 2. The van der Waals surface area contributed by atoms with Gasteiger partial charge in [0.25, 0.3) is 5.69 Å². The molecule has 0 aliphatic carbocycles. The molecule has 0 spiro atoms. The van der Waals surface area contributed by atoms with Crippen LogP contribution in [0.25, 0.3) is 0 Å². The molecule has 0 amide bonds. The first-order valence-corrected chi connectivity index (χ1v) is 3.63. The summed E-state index contributed by atoms with van der Waals surface area (Å²) in [5.74, 6) is -0.749. The van der Waals surface area contributed by atoms with Crippen molar-refractivity contribution < 1.29 is 15.0 Å². The Balaban J connectivity index is 3.51. The normalized spacial score (nSPS) is 9.60. The molecule has 0 aromatic heterocycles. The van der Waals surface area contributed by atoms with Crippen LogP contribution in [0.1, 0.15) is 5.56 Å². The topological polar surface area (TPSA) is 130 Å². The number of non-ortho nitro benzene ring substituents is 1. The van der Waals surface area contributed by atoms with E-state index in [4.69, 9.17) is 5.41 Å². The quantitative estimate of drug-likeness (QED) is 0.440. The number of nitro benzene ring substituents is 2.